The lowest BCUT2D eigenvalue weighted by molar-refractivity contribution is 0.174. The minimum absolute atomic E-state index is 0.269. The van der Waals surface area contributed by atoms with Crippen molar-refractivity contribution in [3.63, 3.8) is 0 Å². The first-order chi connectivity index (χ1) is 9.70. The number of ether oxygens (including phenoxy) is 2. The average molecular weight is 267 g/mol. The summed E-state index contributed by atoms with van der Waals surface area (Å²) in [5, 5.41) is 0. The topological polar surface area (TPSA) is 44.5 Å². The van der Waals surface area contributed by atoms with Gasteiger partial charge in [0.1, 0.15) is 5.52 Å². The molecular weight excluding hydrogens is 254 g/mol. The van der Waals surface area contributed by atoms with Crippen molar-refractivity contribution in [2.45, 2.75) is 13.8 Å². The van der Waals surface area contributed by atoms with Crippen molar-refractivity contribution in [2.24, 2.45) is 0 Å². The van der Waals surface area contributed by atoms with Crippen LogP contribution in [-0.4, -0.2) is 11.8 Å². The van der Waals surface area contributed by atoms with Crippen LogP contribution in [0.1, 0.15) is 11.1 Å². The predicted octanol–water partition coefficient (Wildman–Crippen LogP) is 3.84. The Kier molecular flexibility index (Phi) is 2.27. The molecule has 0 saturated heterocycles. The Labute approximate surface area is 116 Å². The number of benzene rings is 2. The number of oxazole rings is 1. The number of rotatable bonds is 1. The Balaban J connectivity index is 1.88. The summed E-state index contributed by atoms with van der Waals surface area (Å²) in [7, 11) is 0. The Bertz CT molecular complexity index is 820. The van der Waals surface area contributed by atoms with Gasteiger partial charge in [-0.3, -0.25) is 0 Å². The minimum Gasteiger partial charge on any atom is -0.454 e. The molecule has 0 aliphatic carbocycles. The van der Waals surface area contributed by atoms with E-state index in [2.05, 4.69) is 18.0 Å². The lowest BCUT2D eigenvalue weighted by Crippen LogP contribution is -1.92. The third kappa shape index (κ3) is 1.65. The molecule has 2 heterocycles. The van der Waals surface area contributed by atoms with Crippen LogP contribution in [0.3, 0.4) is 0 Å². The van der Waals surface area contributed by atoms with E-state index < -0.39 is 0 Å². The zero-order valence-corrected chi connectivity index (χ0v) is 11.3. The second kappa shape index (κ2) is 4.00. The van der Waals surface area contributed by atoms with Crippen LogP contribution in [0.4, 0.5) is 0 Å². The van der Waals surface area contributed by atoms with Gasteiger partial charge in [0.15, 0.2) is 17.1 Å². The summed E-state index contributed by atoms with van der Waals surface area (Å²) in [6.07, 6.45) is 0. The predicted molar refractivity (Wildman–Crippen MR) is 75.0 cm³/mol. The van der Waals surface area contributed by atoms with Crippen LogP contribution in [0.5, 0.6) is 11.5 Å². The van der Waals surface area contributed by atoms with Crippen molar-refractivity contribution in [3.05, 3.63) is 41.5 Å². The standard InChI is InChI=1S/C16H13NO3/c1-9-5-10(2)15-12(6-9)17-16(20-15)11-3-4-13-14(7-11)19-8-18-13/h3-7H,8H2,1-2H3. The maximum atomic E-state index is 5.89. The number of aryl methyl sites for hydroxylation is 2. The van der Waals surface area contributed by atoms with E-state index in [1.165, 1.54) is 5.56 Å². The molecule has 20 heavy (non-hydrogen) atoms. The maximum Gasteiger partial charge on any atom is 0.231 e. The van der Waals surface area contributed by atoms with Crippen molar-refractivity contribution in [2.75, 3.05) is 6.79 Å². The van der Waals surface area contributed by atoms with E-state index in [0.29, 0.717) is 5.89 Å². The summed E-state index contributed by atoms with van der Waals surface area (Å²) in [5.41, 5.74) is 4.89. The van der Waals surface area contributed by atoms with Crippen LogP contribution < -0.4 is 9.47 Å². The molecule has 4 heteroatoms. The zero-order valence-electron chi connectivity index (χ0n) is 11.3. The van der Waals surface area contributed by atoms with Gasteiger partial charge in [-0.05, 0) is 49.2 Å². The molecule has 3 aromatic rings. The highest BCUT2D eigenvalue weighted by Gasteiger charge is 2.17. The number of aromatic nitrogens is 1. The van der Waals surface area contributed by atoms with Gasteiger partial charge in [0.05, 0.1) is 0 Å². The molecule has 0 bridgehead atoms. The number of hydrogen-bond donors (Lipinski definition) is 0. The largest absolute Gasteiger partial charge is 0.454 e. The monoisotopic (exact) mass is 267 g/mol. The highest BCUT2D eigenvalue weighted by atomic mass is 16.7. The molecule has 0 atom stereocenters. The fraction of sp³-hybridized carbons (Fsp3) is 0.188. The van der Waals surface area contributed by atoms with Crippen LogP contribution in [0.25, 0.3) is 22.6 Å². The van der Waals surface area contributed by atoms with Gasteiger partial charge in [0.2, 0.25) is 12.7 Å². The zero-order chi connectivity index (χ0) is 13.7. The molecule has 1 aromatic heterocycles. The summed E-state index contributed by atoms with van der Waals surface area (Å²) >= 11 is 0. The van der Waals surface area contributed by atoms with Crippen LogP contribution in [0.2, 0.25) is 0 Å². The van der Waals surface area contributed by atoms with Crippen molar-refractivity contribution >= 4 is 11.1 Å². The summed E-state index contributed by atoms with van der Waals surface area (Å²) in [6.45, 7) is 4.36. The molecule has 0 radical (unpaired) electrons. The van der Waals surface area contributed by atoms with Crippen molar-refractivity contribution in [3.8, 4) is 23.0 Å². The lowest BCUT2D eigenvalue weighted by atomic mass is 10.1. The summed E-state index contributed by atoms with van der Waals surface area (Å²) in [4.78, 5) is 4.57. The fourth-order valence-corrected chi connectivity index (χ4v) is 2.53. The molecule has 4 rings (SSSR count). The maximum absolute atomic E-state index is 5.89. The normalized spacial score (nSPS) is 13.1. The SMILES string of the molecule is Cc1cc(C)c2oc(-c3ccc4c(c3)OCO4)nc2c1. The van der Waals surface area contributed by atoms with Gasteiger partial charge >= 0.3 is 0 Å². The van der Waals surface area contributed by atoms with Gasteiger partial charge < -0.3 is 13.9 Å². The van der Waals surface area contributed by atoms with Crippen molar-refractivity contribution in [1.29, 1.82) is 0 Å². The van der Waals surface area contributed by atoms with Gasteiger partial charge in [-0.1, -0.05) is 6.07 Å². The molecule has 100 valence electrons. The highest BCUT2D eigenvalue weighted by molar-refractivity contribution is 5.80. The van der Waals surface area contributed by atoms with Crippen LogP contribution in [-0.2, 0) is 0 Å². The Morgan fingerprint density at radius 2 is 1.85 bits per heavy atom. The minimum atomic E-state index is 0.269. The number of nitrogens with zero attached hydrogens (tertiary/aromatic N) is 1. The van der Waals surface area contributed by atoms with Crippen molar-refractivity contribution in [1.82, 2.24) is 4.98 Å². The van der Waals surface area contributed by atoms with Gasteiger partial charge in [-0.15, -0.1) is 0 Å². The highest BCUT2D eigenvalue weighted by Crippen LogP contribution is 2.36. The molecule has 0 saturated carbocycles. The van der Waals surface area contributed by atoms with Crippen LogP contribution in [0, 0.1) is 13.8 Å². The van der Waals surface area contributed by atoms with E-state index in [1.54, 1.807) is 0 Å². The molecule has 2 aromatic carbocycles. The first-order valence-electron chi connectivity index (χ1n) is 6.48. The van der Waals surface area contributed by atoms with E-state index in [9.17, 15) is 0 Å². The quantitative estimate of drug-likeness (QED) is 0.672. The van der Waals surface area contributed by atoms with Gasteiger partial charge in [0.25, 0.3) is 0 Å². The molecule has 4 nitrogen and oxygen atoms in total. The van der Waals surface area contributed by atoms with Gasteiger partial charge in [-0.25, -0.2) is 4.98 Å². The molecule has 0 unspecified atom stereocenters. The van der Waals surface area contributed by atoms with E-state index in [0.717, 1.165) is 33.7 Å². The molecule has 0 N–H and O–H groups in total. The first kappa shape index (κ1) is 11.3. The summed E-state index contributed by atoms with van der Waals surface area (Å²) in [6, 6.07) is 9.83. The average Bonchev–Trinajstić information content (AvgIpc) is 3.03. The number of fused-ring (bicyclic) bond motifs is 2. The molecule has 0 spiro atoms. The van der Waals surface area contributed by atoms with Crippen LogP contribution in [0.15, 0.2) is 34.7 Å². The third-order valence-corrected chi connectivity index (χ3v) is 3.44. The molecule has 1 aliphatic heterocycles. The first-order valence-corrected chi connectivity index (χ1v) is 6.48. The fourth-order valence-electron chi connectivity index (χ4n) is 2.53. The van der Waals surface area contributed by atoms with Gasteiger partial charge in [0, 0.05) is 5.56 Å². The second-order valence-electron chi connectivity index (χ2n) is 5.02. The summed E-state index contributed by atoms with van der Waals surface area (Å²) < 4.78 is 16.6. The Morgan fingerprint density at radius 1 is 1.00 bits per heavy atom. The van der Waals surface area contributed by atoms with E-state index in [1.807, 2.05) is 31.2 Å². The second-order valence-corrected chi connectivity index (χ2v) is 5.02. The van der Waals surface area contributed by atoms with E-state index in [-0.39, 0.29) is 6.79 Å². The lowest BCUT2D eigenvalue weighted by Gasteiger charge is -1.98. The Morgan fingerprint density at radius 3 is 2.75 bits per heavy atom. The molecular formula is C16H13NO3. The smallest absolute Gasteiger partial charge is 0.231 e. The summed E-state index contributed by atoms with van der Waals surface area (Å²) in [5.74, 6) is 2.10. The third-order valence-electron chi connectivity index (χ3n) is 3.44. The van der Waals surface area contributed by atoms with Crippen LogP contribution >= 0.6 is 0 Å². The van der Waals surface area contributed by atoms with Crippen molar-refractivity contribution < 1.29 is 13.9 Å². The molecule has 0 amide bonds. The Hall–Kier alpha value is -2.49. The molecule has 0 fully saturated rings. The van der Waals surface area contributed by atoms with Gasteiger partial charge in [-0.2, -0.15) is 0 Å². The molecule has 1 aliphatic rings. The van der Waals surface area contributed by atoms with E-state index >= 15 is 0 Å². The number of hydrogen-bond acceptors (Lipinski definition) is 4. The van der Waals surface area contributed by atoms with E-state index in [4.69, 9.17) is 13.9 Å².